The average Bonchev–Trinajstić information content (AvgIpc) is 2.53. The molecule has 0 saturated heterocycles. The third kappa shape index (κ3) is 3.76. The molecule has 0 fully saturated rings. The van der Waals surface area contributed by atoms with Gasteiger partial charge in [0.25, 0.3) is 8.32 Å². The Labute approximate surface area is 142 Å². The normalized spacial score (nSPS) is 13.8. The van der Waals surface area contributed by atoms with Gasteiger partial charge in [-0.25, -0.2) is 0 Å². The van der Waals surface area contributed by atoms with Crippen molar-refractivity contribution >= 4 is 18.7 Å². The second-order valence-electron chi connectivity index (χ2n) is 7.38. The van der Waals surface area contributed by atoms with Gasteiger partial charge in [0.1, 0.15) is 0 Å². The molecule has 0 aliphatic heterocycles. The van der Waals surface area contributed by atoms with Gasteiger partial charge in [-0.05, 0) is 28.8 Å². The molecule has 1 atom stereocenters. The number of rotatable bonds is 6. The summed E-state index contributed by atoms with van der Waals surface area (Å²) in [4.78, 5) is 0. The highest BCUT2D eigenvalue weighted by Crippen LogP contribution is 2.37. The minimum Gasteiger partial charge on any atom is -0.405 e. The van der Waals surface area contributed by atoms with Crippen molar-refractivity contribution in [1.29, 1.82) is 0 Å². The van der Waals surface area contributed by atoms with Gasteiger partial charge in [-0.3, -0.25) is 0 Å². The highest BCUT2D eigenvalue weighted by Gasteiger charge is 2.50. The molecule has 0 bridgehead atoms. The summed E-state index contributed by atoms with van der Waals surface area (Å²) < 4.78 is 6.95. The van der Waals surface area contributed by atoms with Crippen molar-refractivity contribution in [3.05, 3.63) is 60.7 Å². The highest BCUT2D eigenvalue weighted by molar-refractivity contribution is 6.99. The molecule has 1 unspecified atom stereocenters. The predicted molar refractivity (Wildman–Crippen MR) is 103 cm³/mol. The molecule has 2 aromatic carbocycles. The van der Waals surface area contributed by atoms with E-state index in [1.165, 1.54) is 10.4 Å². The molecule has 0 aromatic heterocycles. The zero-order valence-electron chi connectivity index (χ0n) is 15.2. The van der Waals surface area contributed by atoms with Crippen molar-refractivity contribution < 1.29 is 4.43 Å². The van der Waals surface area contributed by atoms with Crippen LogP contribution in [0.2, 0.25) is 5.04 Å². The molecule has 2 aromatic rings. The summed E-state index contributed by atoms with van der Waals surface area (Å²) in [5.41, 5.74) is 0. The fraction of sp³-hybridized carbons (Fsp3) is 0.429. The van der Waals surface area contributed by atoms with Gasteiger partial charge in [0, 0.05) is 6.10 Å². The Morgan fingerprint density at radius 1 is 0.870 bits per heavy atom. The van der Waals surface area contributed by atoms with Gasteiger partial charge >= 0.3 is 0 Å². The first-order valence-electron chi connectivity index (χ1n) is 8.70. The maximum Gasteiger partial charge on any atom is 0.261 e. The van der Waals surface area contributed by atoms with E-state index >= 15 is 0 Å². The van der Waals surface area contributed by atoms with Crippen molar-refractivity contribution in [1.82, 2.24) is 0 Å². The minimum absolute atomic E-state index is 0.0672. The Bertz CT molecular complexity index is 547. The smallest absolute Gasteiger partial charge is 0.261 e. The van der Waals surface area contributed by atoms with Gasteiger partial charge in [-0.2, -0.15) is 0 Å². The highest BCUT2D eigenvalue weighted by atomic mass is 28.4. The number of hydrogen-bond acceptors (Lipinski definition) is 1. The molecule has 1 nitrogen and oxygen atoms in total. The molecule has 124 valence electrons. The van der Waals surface area contributed by atoms with Crippen LogP contribution in [0.3, 0.4) is 0 Å². The minimum atomic E-state index is -2.35. The topological polar surface area (TPSA) is 9.23 Å². The lowest BCUT2D eigenvalue weighted by molar-refractivity contribution is 0.195. The maximum absolute atomic E-state index is 6.95. The molecule has 0 heterocycles. The molecular weight excluding hydrogens is 296 g/mol. The van der Waals surface area contributed by atoms with Gasteiger partial charge in [0.15, 0.2) is 0 Å². The Balaban J connectivity index is 2.64. The first kappa shape index (κ1) is 18.0. The Hall–Kier alpha value is -1.38. The fourth-order valence-electron chi connectivity index (χ4n) is 3.46. The molecule has 0 aliphatic carbocycles. The molecular formula is C21H30OSi. The van der Waals surface area contributed by atoms with Crippen LogP contribution in [0.1, 0.15) is 47.5 Å². The molecule has 0 N–H and O–H groups in total. The van der Waals surface area contributed by atoms with Crippen molar-refractivity contribution in [2.45, 2.75) is 58.6 Å². The van der Waals surface area contributed by atoms with Crippen LogP contribution < -0.4 is 10.4 Å². The standard InChI is InChI=1S/C21H30OSi/c1-6-13-18(2)22-23(21(3,4)5,19-14-9-7-10-15-19)20-16-11-8-12-17-20/h7-12,14-18H,6,13H2,1-5H3. The van der Waals surface area contributed by atoms with Crippen LogP contribution >= 0.6 is 0 Å². The van der Waals surface area contributed by atoms with Gasteiger partial charge in [-0.1, -0.05) is 94.8 Å². The van der Waals surface area contributed by atoms with Crippen LogP contribution in [-0.2, 0) is 4.43 Å². The predicted octanol–water partition coefficient (Wildman–Crippen LogP) is 4.75. The summed E-state index contributed by atoms with van der Waals surface area (Å²) >= 11 is 0. The SMILES string of the molecule is CCCC(C)O[Si](c1ccccc1)(c1ccccc1)C(C)(C)C. The quantitative estimate of drug-likeness (QED) is 0.696. The molecule has 2 rings (SSSR count). The lowest BCUT2D eigenvalue weighted by Gasteiger charge is -2.44. The zero-order chi connectivity index (χ0) is 16.9. The van der Waals surface area contributed by atoms with Crippen LogP contribution in [0.15, 0.2) is 60.7 Å². The van der Waals surface area contributed by atoms with Crippen LogP contribution in [0.25, 0.3) is 0 Å². The van der Waals surface area contributed by atoms with E-state index in [1.54, 1.807) is 0 Å². The van der Waals surface area contributed by atoms with E-state index in [1.807, 2.05) is 0 Å². The first-order valence-corrected chi connectivity index (χ1v) is 10.6. The fourth-order valence-corrected chi connectivity index (χ4v) is 8.19. The Kier molecular flexibility index (Phi) is 5.82. The van der Waals surface area contributed by atoms with Crippen LogP contribution in [0, 0.1) is 0 Å². The van der Waals surface area contributed by atoms with Gasteiger partial charge in [0.2, 0.25) is 0 Å². The van der Waals surface area contributed by atoms with E-state index < -0.39 is 8.32 Å². The second kappa shape index (κ2) is 7.46. The summed E-state index contributed by atoms with van der Waals surface area (Å²) in [6.45, 7) is 11.4. The van der Waals surface area contributed by atoms with Crippen LogP contribution in [0.4, 0.5) is 0 Å². The Morgan fingerprint density at radius 2 is 1.30 bits per heavy atom. The largest absolute Gasteiger partial charge is 0.405 e. The lowest BCUT2D eigenvalue weighted by Crippen LogP contribution is -2.67. The lowest BCUT2D eigenvalue weighted by atomic mass is 10.2. The summed E-state index contributed by atoms with van der Waals surface area (Å²) in [6, 6.07) is 21.7. The molecule has 0 saturated carbocycles. The average molecular weight is 327 g/mol. The Morgan fingerprint density at radius 3 is 1.65 bits per heavy atom. The summed E-state index contributed by atoms with van der Waals surface area (Å²) in [7, 11) is -2.35. The summed E-state index contributed by atoms with van der Waals surface area (Å²) in [6.07, 6.45) is 2.52. The first-order chi connectivity index (χ1) is 10.9. The van der Waals surface area contributed by atoms with Crippen molar-refractivity contribution in [2.75, 3.05) is 0 Å². The zero-order valence-corrected chi connectivity index (χ0v) is 16.2. The van der Waals surface area contributed by atoms with E-state index in [4.69, 9.17) is 4.43 Å². The monoisotopic (exact) mass is 326 g/mol. The van der Waals surface area contributed by atoms with E-state index in [-0.39, 0.29) is 11.1 Å². The van der Waals surface area contributed by atoms with Crippen LogP contribution in [0.5, 0.6) is 0 Å². The van der Waals surface area contributed by atoms with Crippen molar-refractivity contribution in [3.8, 4) is 0 Å². The van der Waals surface area contributed by atoms with Gasteiger partial charge in [-0.15, -0.1) is 0 Å². The molecule has 0 amide bonds. The molecule has 0 spiro atoms. The van der Waals surface area contributed by atoms with Crippen LogP contribution in [-0.4, -0.2) is 14.4 Å². The summed E-state index contributed by atoms with van der Waals surface area (Å²) in [5, 5.41) is 2.79. The third-order valence-corrected chi connectivity index (χ3v) is 9.65. The molecule has 2 heteroatoms. The van der Waals surface area contributed by atoms with Gasteiger partial charge < -0.3 is 4.43 Å². The third-order valence-electron chi connectivity index (χ3n) is 4.49. The van der Waals surface area contributed by atoms with Crippen molar-refractivity contribution in [2.24, 2.45) is 0 Å². The molecule has 0 aliphatic rings. The van der Waals surface area contributed by atoms with E-state index in [0.717, 1.165) is 12.8 Å². The molecule has 23 heavy (non-hydrogen) atoms. The van der Waals surface area contributed by atoms with E-state index in [0.29, 0.717) is 0 Å². The number of benzene rings is 2. The van der Waals surface area contributed by atoms with E-state index in [2.05, 4.69) is 95.3 Å². The maximum atomic E-state index is 6.95. The summed E-state index contributed by atoms with van der Waals surface area (Å²) in [5.74, 6) is 0. The second-order valence-corrected chi connectivity index (χ2v) is 11.6. The van der Waals surface area contributed by atoms with Gasteiger partial charge in [0.05, 0.1) is 0 Å². The van der Waals surface area contributed by atoms with E-state index in [9.17, 15) is 0 Å². The van der Waals surface area contributed by atoms with Crippen molar-refractivity contribution in [3.63, 3.8) is 0 Å². The number of hydrogen-bond donors (Lipinski definition) is 0. The molecule has 0 radical (unpaired) electrons.